The number of ether oxygens (including phenoxy) is 1. The van der Waals surface area contributed by atoms with Crippen LogP contribution >= 0.6 is 0 Å². The number of hydrogen-bond donors (Lipinski definition) is 1. The Morgan fingerprint density at radius 1 is 1.32 bits per heavy atom. The number of amides is 2. The average molecular weight is 343 g/mol. The molecule has 1 aliphatic rings. The van der Waals surface area contributed by atoms with E-state index >= 15 is 0 Å². The van der Waals surface area contributed by atoms with E-state index in [2.05, 4.69) is 10.5 Å². The van der Waals surface area contributed by atoms with Gasteiger partial charge in [-0.3, -0.25) is 9.59 Å². The van der Waals surface area contributed by atoms with Gasteiger partial charge in [-0.05, 0) is 49.9 Å². The highest BCUT2D eigenvalue weighted by molar-refractivity contribution is 5.99. The van der Waals surface area contributed by atoms with Crippen molar-refractivity contribution in [3.63, 3.8) is 0 Å². The van der Waals surface area contributed by atoms with Crippen molar-refractivity contribution in [2.45, 2.75) is 19.8 Å². The number of hydrogen-bond acceptors (Lipinski definition) is 5. The first kappa shape index (κ1) is 17.0. The predicted molar refractivity (Wildman–Crippen MR) is 91.5 cm³/mol. The van der Waals surface area contributed by atoms with Crippen molar-refractivity contribution in [1.29, 1.82) is 0 Å². The van der Waals surface area contributed by atoms with Gasteiger partial charge in [0.25, 0.3) is 5.91 Å². The van der Waals surface area contributed by atoms with Gasteiger partial charge in [-0.1, -0.05) is 5.16 Å². The molecule has 7 nitrogen and oxygen atoms in total. The Morgan fingerprint density at radius 3 is 2.60 bits per heavy atom. The lowest BCUT2D eigenvalue weighted by molar-refractivity contribution is -0.117. The Morgan fingerprint density at radius 2 is 2.04 bits per heavy atom. The van der Waals surface area contributed by atoms with Crippen LogP contribution in [0.1, 0.15) is 29.0 Å². The lowest BCUT2D eigenvalue weighted by Crippen LogP contribution is -2.39. The summed E-state index contributed by atoms with van der Waals surface area (Å²) in [5.41, 5.74) is 0.534. The minimum absolute atomic E-state index is 0.0206. The third-order valence-corrected chi connectivity index (χ3v) is 4.03. The van der Waals surface area contributed by atoms with Gasteiger partial charge in [0, 0.05) is 18.2 Å². The maximum atomic E-state index is 12.8. The summed E-state index contributed by atoms with van der Waals surface area (Å²) >= 11 is 0. The number of aromatic nitrogens is 1. The number of carbonyl (C=O) groups is 2. The molecule has 0 atom stereocenters. The van der Waals surface area contributed by atoms with Crippen LogP contribution < -0.4 is 10.1 Å². The third-order valence-electron chi connectivity index (χ3n) is 4.03. The number of aryl methyl sites for hydroxylation is 1. The van der Waals surface area contributed by atoms with E-state index in [1.165, 1.54) is 0 Å². The highest BCUT2D eigenvalue weighted by Crippen LogP contribution is 2.30. The molecule has 7 heteroatoms. The normalized spacial score (nSPS) is 13.4. The zero-order valence-electron chi connectivity index (χ0n) is 14.3. The van der Waals surface area contributed by atoms with Crippen molar-refractivity contribution in [3.8, 4) is 5.75 Å². The van der Waals surface area contributed by atoms with Crippen molar-refractivity contribution in [2.75, 3.05) is 25.5 Å². The zero-order valence-corrected chi connectivity index (χ0v) is 14.3. The molecule has 0 aliphatic heterocycles. The first-order valence-electron chi connectivity index (χ1n) is 8.21. The molecular weight excluding hydrogens is 322 g/mol. The van der Waals surface area contributed by atoms with Gasteiger partial charge in [-0.25, -0.2) is 0 Å². The summed E-state index contributed by atoms with van der Waals surface area (Å²) in [6.07, 6.45) is 2.19. The Hall–Kier alpha value is -2.83. The molecule has 0 saturated heterocycles. The number of benzene rings is 1. The third kappa shape index (κ3) is 4.59. The van der Waals surface area contributed by atoms with Crippen molar-refractivity contribution < 1.29 is 18.8 Å². The average Bonchev–Trinajstić information content (AvgIpc) is 3.34. The smallest absolute Gasteiger partial charge is 0.254 e. The quantitative estimate of drug-likeness (QED) is 0.835. The fourth-order valence-electron chi connectivity index (χ4n) is 2.53. The fourth-order valence-corrected chi connectivity index (χ4v) is 2.53. The molecule has 1 aromatic heterocycles. The molecule has 2 aromatic rings. The fraction of sp³-hybridized carbons (Fsp3) is 0.389. The van der Waals surface area contributed by atoms with Crippen LogP contribution in [0.15, 0.2) is 34.9 Å². The molecule has 1 fully saturated rings. The maximum absolute atomic E-state index is 12.8. The lowest BCUT2D eigenvalue weighted by Gasteiger charge is -2.22. The summed E-state index contributed by atoms with van der Waals surface area (Å²) in [7, 11) is 1.58. The SMILES string of the molecule is COc1ccc(C(=O)N(CC(=O)Nc2cc(C)on2)CC2CC2)cc1. The van der Waals surface area contributed by atoms with E-state index < -0.39 is 0 Å². The van der Waals surface area contributed by atoms with E-state index in [1.807, 2.05) is 0 Å². The number of nitrogens with zero attached hydrogens (tertiary/aromatic N) is 2. The molecule has 3 rings (SSSR count). The Kier molecular flexibility index (Phi) is 5.02. The van der Waals surface area contributed by atoms with E-state index in [4.69, 9.17) is 9.26 Å². The molecular formula is C18H21N3O4. The highest BCUT2D eigenvalue weighted by Gasteiger charge is 2.28. The summed E-state index contributed by atoms with van der Waals surface area (Å²) in [5, 5.41) is 6.39. The van der Waals surface area contributed by atoms with Gasteiger partial charge in [-0.15, -0.1) is 0 Å². The van der Waals surface area contributed by atoms with E-state index in [1.54, 1.807) is 49.3 Å². The Labute approximate surface area is 145 Å². The molecule has 25 heavy (non-hydrogen) atoms. The molecule has 1 heterocycles. The number of carbonyl (C=O) groups excluding carboxylic acids is 2. The van der Waals surface area contributed by atoms with Gasteiger partial charge in [0.2, 0.25) is 5.91 Å². The van der Waals surface area contributed by atoms with Gasteiger partial charge >= 0.3 is 0 Å². The van der Waals surface area contributed by atoms with Crippen LogP contribution in [0.2, 0.25) is 0 Å². The summed E-state index contributed by atoms with van der Waals surface area (Å²) in [6, 6.07) is 8.52. The van der Waals surface area contributed by atoms with Crippen LogP contribution in [0.3, 0.4) is 0 Å². The second kappa shape index (κ2) is 7.38. The largest absolute Gasteiger partial charge is 0.497 e. The highest BCUT2D eigenvalue weighted by atomic mass is 16.5. The van der Waals surface area contributed by atoms with Crippen LogP contribution in [0.4, 0.5) is 5.82 Å². The van der Waals surface area contributed by atoms with Crippen molar-refractivity contribution in [2.24, 2.45) is 5.92 Å². The molecule has 0 spiro atoms. The Balaban J connectivity index is 1.67. The topological polar surface area (TPSA) is 84.7 Å². The van der Waals surface area contributed by atoms with Crippen LogP contribution in [-0.4, -0.2) is 42.1 Å². The minimum atomic E-state index is -0.296. The first-order valence-corrected chi connectivity index (χ1v) is 8.21. The van der Waals surface area contributed by atoms with Gasteiger partial charge < -0.3 is 19.5 Å². The first-order chi connectivity index (χ1) is 12.0. The van der Waals surface area contributed by atoms with Gasteiger partial charge in [0.05, 0.1) is 7.11 Å². The molecule has 0 radical (unpaired) electrons. The zero-order chi connectivity index (χ0) is 17.8. The summed E-state index contributed by atoms with van der Waals surface area (Å²) < 4.78 is 10.0. The lowest BCUT2D eigenvalue weighted by atomic mass is 10.2. The van der Waals surface area contributed by atoms with Crippen molar-refractivity contribution in [1.82, 2.24) is 10.1 Å². The molecule has 1 aliphatic carbocycles. The van der Waals surface area contributed by atoms with Crippen molar-refractivity contribution >= 4 is 17.6 Å². The molecule has 0 bridgehead atoms. The monoisotopic (exact) mass is 343 g/mol. The number of nitrogens with one attached hydrogen (secondary N) is 1. The second-order valence-electron chi connectivity index (χ2n) is 6.23. The number of anilines is 1. The molecule has 132 valence electrons. The van der Waals surface area contributed by atoms with E-state index in [0.717, 1.165) is 12.8 Å². The Bertz CT molecular complexity index is 750. The summed E-state index contributed by atoms with van der Waals surface area (Å²) in [6.45, 7) is 2.30. The van der Waals surface area contributed by atoms with Crippen LogP contribution in [0, 0.1) is 12.8 Å². The van der Waals surface area contributed by atoms with E-state index in [-0.39, 0.29) is 18.4 Å². The molecule has 1 saturated carbocycles. The van der Waals surface area contributed by atoms with Crippen LogP contribution in [0.5, 0.6) is 5.75 Å². The van der Waals surface area contributed by atoms with Crippen LogP contribution in [0.25, 0.3) is 0 Å². The molecule has 2 amide bonds. The summed E-state index contributed by atoms with van der Waals surface area (Å²) in [5.74, 6) is 1.66. The second-order valence-corrected chi connectivity index (χ2v) is 6.23. The number of rotatable bonds is 7. The number of methoxy groups -OCH3 is 1. The van der Waals surface area contributed by atoms with Gasteiger partial charge in [0.1, 0.15) is 18.1 Å². The molecule has 1 aromatic carbocycles. The van der Waals surface area contributed by atoms with Gasteiger partial charge in [-0.2, -0.15) is 0 Å². The maximum Gasteiger partial charge on any atom is 0.254 e. The molecule has 0 unspecified atom stereocenters. The summed E-state index contributed by atoms with van der Waals surface area (Å²) in [4.78, 5) is 26.6. The minimum Gasteiger partial charge on any atom is -0.497 e. The van der Waals surface area contributed by atoms with Crippen molar-refractivity contribution in [3.05, 3.63) is 41.7 Å². The van der Waals surface area contributed by atoms with E-state index in [9.17, 15) is 9.59 Å². The molecule has 1 N–H and O–H groups in total. The van der Waals surface area contributed by atoms with E-state index in [0.29, 0.717) is 35.4 Å². The predicted octanol–water partition coefficient (Wildman–Crippen LogP) is 2.48. The van der Waals surface area contributed by atoms with Gasteiger partial charge in [0.15, 0.2) is 5.82 Å². The standard InChI is InChI=1S/C18H21N3O4/c1-12-9-16(20-25-12)19-17(22)11-21(10-13-3-4-13)18(23)14-5-7-15(24-2)8-6-14/h5-9,13H,3-4,10-11H2,1-2H3,(H,19,20,22). The van der Waals surface area contributed by atoms with Crippen LogP contribution in [-0.2, 0) is 4.79 Å².